The molecule has 0 spiro atoms. The Morgan fingerprint density at radius 3 is 2.42 bits per heavy atom. The zero-order valence-corrected chi connectivity index (χ0v) is 14.9. The van der Waals surface area contributed by atoms with E-state index in [1.54, 1.807) is 0 Å². The Hall–Kier alpha value is -3.07. The lowest BCUT2D eigenvalue weighted by Crippen LogP contribution is -2.31. The van der Waals surface area contributed by atoms with E-state index in [-0.39, 0.29) is 12.1 Å². The van der Waals surface area contributed by atoms with Crippen LogP contribution in [0.1, 0.15) is 40.1 Å². The van der Waals surface area contributed by atoms with Crippen molar-refractivity contribution in [3.63, 3.8) is 0 Å². The highest BCUT2D eigenvalue weighted by atomic mass is 16.2. The quantitative estimate of drug-likeness (QED) is 0.706. The van der Waals surface area contributed by atoms with E-state index >= 15 is 0 Å². The van der Waals surface area contributed by atoms with Gasteiger partial charge in [-0.25, -0.2) is 0 Å². The SMILES string of the molecule is CCc1cccc(NC2c3ccccc3C(=O)N2Cc2ccccc2)c1. The van der Waals surface area contributed by atoms with Gasteiger partial charge in [-0.15, -0.1) is 0 Å². The van der Waals surface area contributed by atoms with Crippen molar-refractivity contribution in [3.05, 3.63) is 101 Å². The van der Waals surface area contributed by atoms with Crippen LogP contribution in [0.25, 0.3) is 0 Å². The Labute approximate surface area is 154 Å². The first-order chi connectivity index (χ1) is 12.8. The lowest BCUT2D eigenvalue weighted by molar-refractivity contribution is 0.0729. The van der Waals surface area contributed by atoms with Gasteiger partial charge in [0.1, 0.15) is 6.17 Å². The van der Waals surface area contributed by atoms with Gasteiger partial charge < -0.3 is 10.2 Å². The molecule has 1 atom stereocenters. The van der Waals surface area contributed by atoms with Crippen LogP contribution < -0.4 is 5.32 Å². The summed E-state index contributed by atoms with van der Waals surface area (Å²) in [6, 6.07) is 26.4. The molecular formula is C23H22N2O. The van der Waals surface area contributed by atoms with Crippen molar-refractivity contribution in [2.75, 3.05) is 5.32 Å². The molecular weight excluding hydrogens is 320 g/mol. The topological polar surface area (TPSA) is 32.3 Å². The summed E-state index contributed by atoms with van der Waals surface area (Å²) in [5, 5.41) is 3.58. The molecule has 0 bridgehead atoms. The molecule has 1 N–H and O–H groups in total. The summed E-state index contributed by atoms with van der Waals surface area (Å²) in [5.41, 5.74) is 5.27. The van der Waals surface area contributed by atoms with Gasteiger partial charge in [-0.2, -0.15) is 0 Å². The number of anilines is 1. The first-order valence-electron chi connectivity index (χ1n) is 9.05. The zero-order valence-electron chi connectivity index (χ0n) is 14.9. The second kappa shape index (κ2) is 7.04. The fourth-order valence-electron chi connectivity index (χ4n) is 3.51. The second-order valence-corrected chi connectivity index (χ2v) is 6.61. The number of carbonyl (C=O) groups is 1. The molecule has 0 aliphatic carbocycles. The molecule has 3 heteroatoms. The molecule has 0 aromatic heterocycles. The van der Waals surface area contributed by atoms with Crippen molar-refractivity contribution in [2.24, 2.45) is 0 Å². The van der Waals surface area contributed by atoms with E-state index in [2.05, 4.69) is 48.6 Å². The number of hydrogen-bond acceptors (Lipinski definition) is 2. The number of fused-ring (bicyclic) bond motifs is 1. The third kappa shape index (κ3) is 3.08. The van der Waals surface area contributed by atoms with Crippen LogP contribution in [0.5, 0.6) is 0 Å². The molecule has 1 aliphatic heterocycles. The average Bonchev–Trinajstić information content (AvgIpc) is 2.95. The van der Waals surface area contributed by atoms with Gasteiger partial charge in [-0.05, 0) is 35.7 Å². The minimum Gasteiger partial charge on any atom is -0.361 e. The molecule has 4 rings (SSSR count). The van der Waals surface area contributed by atoms with Crippen LogP contribution in [0.4, 0.5) is 5.69 Å². The average molecular weight is 342 g/mol. The first-order valence-corrected chi connectivity index (χ1v) is 9.05. The van der Waals surface area contributed by atoms with E-state index in [1.165, 1.54) is 5.56 Å². The van der Waals surface area contributed by atoms with Crippen molar-refractivity contribution in [1.29, 1.82) is 0 Å². The molecule has 1 unspecified atom stereocenters. The van der Waals surface area contributed by atoms with Crippen LogP contribution in [0.15, 0.2) is 78.9 Å². The fourth-order valence-corrected chi connectivity index (χ4v) is 3.51. The summed E-state index contributed by atoms with van der Waals surface area (Å²) in [6.07, 6.45) is 0.828. The molecule has 26 heavy (non-hydrogen) atoms. The lowest BCUT2D eigenvalue weighted by atomic mass is 10.1. The van der Waals surface area contributed by atoms with Gasteiger partial charge in [0.05, 0.1) is 0 Å². The monoisotopic (exact) mass is 342 g/mol. The van der Waals surface area contributed by atoms with Gasteiger partial charge in [0.15, 0.2) is 0 Å². The maximum Gasteiger partial charge on any atom is 0.256 e. The molecule has 0 saturated carbocycles. The van der Waals surface area contributed by atoms with Crippen LogP contribution in [-0.2, 0) is 13.0 Å². The van der Waals surface area contributed by atoms with Crippen molar-refractivity contribution < 1.29 is 4.79 Å². The summed E-state index contributed by atoms with van der Waals surface area (Å²) < 4.78 is 0. The van der Waals surface area contributed by atoms with Gasteiger partial charge in [-0.3, -0.25) is 4.79 Å². The third-order valence-electron chi connectivity index (χ3n) is 4.89. The molecule has 3 nitrogen and oxygen atoms in total. The Bertz CT molecular complexity index is 920. The minimum atomic E-state index is -0.161. The number of nitrogens with one attached hydrogen (secondary N) is 1. The maximum absolute atomic E-state index is 13.0. The summed E-state index contributed by atoms with van der Waals surface area (Å²) in [7, 11) is 0. The minimum absolute atomic E-state index is 0.0774. The highest BCUT2D eigenvalue weighted by molar-refractivity contribution is 5.99. The van der Waals surface area contributed by atoms with E-state index in [0.717, 1.165) is 28.8 Å². The Morgan fingerprint density at radius 2 is 1.62 bits per heavy atom. The van der Waals surface area contributed by atoms with Gasteiger partial charge in [-0.1, -0.05) is 67.6 Å². The number of hydrogen-bond donors (Lipinski definition) is 1. The molecule has 130 valence electrons. The normalized spacial score (nSPS) is 15.8. The van der Waals surface area contributed by atoms with E-state index < -0.39 is 0 Å². The van der Waals surface area contributed by atoms with Crippen LogP contribution in [0, 0.1) is 0 Å². The summed E-state index contributed by atoms with van der Waals surface area (Å²) >= 11 is 0. The number of carbonyl (C=O) groups excluding carboxylic acids is 1. The van der Waals surface area contributed by atoms with E-state index in [4.69, 9.17) is 0 Å². The van der Waals surface area contributed by atoms with E-state index in [9.17, 15) is 4.79 Å². The molecule has 3 aromatic carbocycles. The fraction of sp³-hybridized carbons (Fsp3) is 0.174. The van der Waals surface area contributed by atoms with Crippen LogP contribution in [-0.4, -0.2) is 10.8 Å². The number of nitrogens with zero attached hydrogens (tertiary/aromatic N) is 1. The molecule has 0 fully saturated rings. The van der Waals surface area contributed by atoms with E-state index in [0.29, 0.717) is 6.54 Å². The smallest absolute Gasteiger partial charge is 0.256 e. The Kier molecular flexibility index (Phi) is 4.44. The lowest BCUT2D eigenvalue weighted by Gasteiger charge is -2.27. The van der Waals surface area contributed by atoms with Crippen molar-refractivity contribution >= 4 is 11.6 Å². The van der Waals surface area contributed by atoms with Crippen molar-refractivity contribution in [1.82, 2.24) is 4.90 Å². The summed E-state index contributed by atoms with van der Waals surface area (Å²) in [6.45, 7) is 2.73. The largest absolute Gasteiger partial charge is 0.361 e. The van der Waals surface area contributed by atoms with Crippen molar-refractivity contribution in [2.45, 2.75) is 26.1 Å². The molecule has 1 amide bonds. The highest BCUT2D eigenvalue weighted by Crippen LogP contribution is 2.35. The highest BCUT2D eigenvalue weighted by Gasteiger charge is 2.36. The maximum atomic E-state index is 13.0. The molecule has 1 aliphatic rings. The summed E-state index contributed by atoms with van der Waals surface area (Å²) in [5.74, 6) is 0.0774. The standard InChI is InChI=1S/C23H22N2O/c1-2-17-11-8-12-19(15-17)24-22-20-13-6-7-14-21(20)23(26)25(22)16-18-9-4-3-5-10-18/h3-15,22,24H,2,16H2,1H3. The third-order valence-corrected chi connectivity index (χ3v) is 4.89. The number of amides is 1. The zero-order chi connectivity index (χ0) is 17.9. The van der Waals surface area contributed by atoms with Gasteiger partial charge in [0.2, 0.25) is 0 Å². The first kappa shape index (κ1) is 16.4. The molecule has 0 saturated heterocycles. The Balaban J connectivity index is 1.68. The van der Waals surface area contributed by atoms with Crippen LogP contribution in [0.3, 0.4) is 0 Å². The van der Waals surface area contributed by atoms with Crippen LogP contribution in [0.2, 0.25) is 0 Å². The number of rotatable bonds is 5. The predicted molar refractivity (Wildman–Crippen MR) is 105 cm³/mol. The predicted octanol–water partition coefficient (Wildman–Crippen LogP) is 5.02. The molecule has 0 radical (unpaired) electrons. The Morgan fingerprint density at radius 1 is 0.885 bits per heavy atom. The van der Waals surface area contributed by atoms with Gasteiger partial charge in [0.25, 0.3) is 5.91 Å². The van der Waals surface area contributed by atoms with E-state index in [1.807, 2.05) is 47.4 Å². The number of aryl methyl sites for hydroxylation is 1. The molecule has 3 aromatic rings. The van der Waals surface area contributed by atoms with Crippen molar-refractivity contribution in [3.8, 4) is 0 Å². The second-order valence-electron chi connectivity index (χ2n) is 6.61. The van der Waals surface area contributed by atoms with Gasteiger partial charge >= 0.3 is 0 Å². The van der Waals surface area contributed by atoms with Gasteiger partial charge in [0, 0.05) is 23.4 Å². The number of benzene rings is 3. The van der Waals surface area contributed by atoms with Crippen LogP contribution >= 0.6 is 0 Å². The molecule has 1 heterocycles. The summed E-state index contributed by atoms with van der Waals surface area (Å²) in [4.78, 5) is 14.9.